The molecule has 5 nitrogen and oxygen atoms in total. The van der Waals surface area contributed by atoms with E-state index in [1.165, 1.54) is 0 Å². The summed E-state index contributed by atoms with van der Waals surface area (Å²) >= 11 is 0. The van der Waals surface area contributed by atoms with Crippen LogP contribution in [0, 0.1) is 5.92 Å². The van der Waals surface area contributed by atoms with E-state index in [1.807, 2.05) is 24.3 Å². The molecule has 1 amide bonds. The summed E-state index contributed by atoms with van der Waals surface area (Å²) in [5.41, 5.74) is 9.34. The number of nitrogens with two attached hydrogens (primary N) is 1. The summed E-state index contributed by atoms with van der Waals surface area (Å²) < 4.78 is 0. The third-order valence-corrected chi connectivity index (χ3v) is 5.01. The maximum absolute atomic E-state index is 12.2. The monoisotopic (exact) mass is 350 g/mol. The van der Waals surface area contributed by atoms with Gasteiger partial charge in [0.25, 0.3) is 5.91 Å². The summed E-state index contributed by atoms with van der Waals surface area (Å²) in [6.07, 6.45) is 2.14. The van der Waals surface area contributed by atoms with E-state index in [9.17, 15) is 4.79 Å². The molecule has 3 rings (SSSR count). The average molecular weight is 350 g/mol. The average Bonchev–Trinajstić information content (AvgIpc) is 2.65. The SMILES string of the molecule is CNC(=O)c1cc(C(N)=NC2CC(C)C2)cc([C@@H](C)c2ccccc2)n1. The zero-order valence-corrected chi connectivity index (χ0v) is 15.6. The molecule has 1 aliphatic carbocycles. The van der Waals surface area contributed by atoms with Crippen molar-refractivity contribution in [3.63, 3.8) is 0 Å². The molecule has 3 N–H and O–H groups in total. The number of aromatic nitrogens is 1. The van der Waals surface area contributed by atoms with Crippen molar-refractivity contribution in [3.05, 3.63) is 65.0 Å². The largest absolute Gasteiger partial charge is 0.383 e. The maximum atomic E-state index is 12.2. The van der Waals surface area contributed by atoms with Crippen molar-refractivity contribution < 1.29 is 4.79 Å². The lowest BCUT2D eigenvalue weighted by Gasteiger charge is -2.29. The molecule has 1 atom stereocenters. The summed E-state index contributed by atoms with van der Waals surface area (Å²) in [6, 6.07) is 14.1. The molecule has 5 heteroatoms. The Balaban J connectivity index is 1.97. The number of nitrogens with zero attached hydrogens (tertiary/aromatic N) is 2. The van der Waals surface area contributed by atoms with Crippen LogP contribution in [0.15, 0.2) is 47.5 Å². The Morgan fingerprint density at radius 3 is 2.58 bits per heavy atom. The molecular formula is C21H26N4O. The molecule has 0 spiro atoms. The van der Waals surface area contributed by atoms with Crippen molar-refractivity contribution >= 4 is 11.7 Å². The highest BCUT2D eigenvalue weighted by Crippen LogP contribution is 2.30. The van der Waals surface area contributed by atoms with Gasteiger partial charge in [-0.3, -0.25) is 9.79 Å². The first-order chi connectivity index (χ1) is 12.5. The molecule has 1 aromatic heterocycles. The van der Waals surface area contributed by atoms with Crippen molar-refractivity contribution in [2.75, 3.05) is 7.05 Å². The molecule has 26 heavy (non-hydrogen) atoms. The van der Waals surface area contributed by atoms with E-state index in [0.717, 1.165) is 29.7 Å². The number of rotatable bonds is 5. The molecule has 1 saturated carbocycles. The molecule has 136 valence electrons. The van der Waals surface area contributed by atoms with E-state index in [1.54, 1.807) is 13.1 Å². The lowest BCUT2D eigenvalue weighted by molar-refractivity contribution is 0.0958. The molecule has 1 aliphatic rings. The Morgan fingerprint density at radius 1 is 1.27 bits per heavy atom. The van der Waals surface area contributed by atoms with Crippen molar-refractivity contribution in [1.82, 2.24) is 10.3 Å². The highest BCUT2D eigenvalue weighted by Gasteiger charge is 2.25. The van der Waals surface area contributed by atoms with Gasteiger partial charge in [0.2, 0.25) is 0 Å². The first kappa shape index (κ1) is 18.1. The van der Waals surface area contributed by atoms with E-state index in [2.05, 4.69) is 41.3 Å². The van der Waals surface area contributed by atoms with Gasteiger partial charge in [-0.1, -0.05) is 44.2 Å². The van der Waals surface area contributed by atoms with Gasteiger partial charge < -0.3 is 11.1 Å². The zero-order valence-electron chi connectivity index (χ0n) is 15.6. The van der Waals surface area contributed by atoms with Gasteiger partial charge in [-0.25, -0.2) is 4.98 Å². The van der Waals surface area contributed by atoms with Crippen LogP contribution in [0.25, 0.3) is 0 Å². The van der Waals surface area contributed by atoms with Crippen LogP contribution < -0.4 is 11.1 Å². The molecule has 0 unspecified atom stereocenters. The topological polar surface area (TPSA) is 80.4 Å². The highest BCUT2D eigenvalue weighted by atomic mass is 16.1. The van der Waals surface area contributed by atoms with E-state index in [0.29, 0.717) is 17.4 Å². The fraction of sp³-hybridized carbons (Fsp3) is 0.381. The standard InChI is InChI=1S/C21H26N4O/c1-13-9-17(10-13)24-20(22)16-11-18(25-19(12-16)21(26)23-3)14(2)15-7-5-4-6-8-15/h4-8,11-14,17H,9-10H2,1-3H3,(H2,22,24)(H,23,26)/t13?,14-,17?/m0/s1. The minimum atomic E-state index is -0.224. The number of hydrogen-bond acceptors (Lipinski definition) is 3. The number of carbonyl (C=O) groups excluding carboxylic acids is 1. The predicted molar refractivity (Wildman–Crippen MR) is 104 cm³/mol. The molecule has 2 aromatic rings. The zero-order chi connectivity index (χ0) is 18.7. The van der Waals surface area contributed by atoms with Gasteiger partial charge in [0.15, 0.2) is 0 Å². The van der Waals surface area contributed by atoms with E-state index < -0.39 is 0 Å². The number of nitrogens with one attached hydrogen (secondary N) is 1. The second-order valence-corrected chi connectivity index (χ2v) is 7.12. The normalized spacial score (nSPS) is 21.0. The molecule has 1 fully saturated rings. The molecule has 0 radical (unpaired) electrons. The molecule has 0 bridgehead atoms. The Kier molecular flexibility index (Phi) is 5.35. The number of pyridine rings is 1. The maximum Gasteiger partial charge on any atom is 0.269 e. The number of amides is 1. The number of benzene rings is 1. The summed E-state index contributed by atoms with van der Waals surface area (Å²) in [6.45, 7) is 4.30. The first-order valence-corrected chi connectivity index (χ1v) is 9.10. The van der Waals surface area contributed by atoms with Crippen LogP contribution in [0.3, 0.4) is 0 Å². The molecule has 0 aliphatic heterocycles. The van der Waals surface area contributed by atoms with Crippen LogP contribution in [0.4, 0.5) is 0 Å². The lowest BCUT2D eigenvalue weighted by Crippen LogP contribution is -2.29. The van der Waals surface area contributed by atoms with Crippen LogP contribution in [-0.4, -0.2) is 29.8 Å². The van der Waals surface area contributed by atoms with Crippen molar-refractivity contribution in [1.29, 1.82) is 0 Å². The van der Waals surface area contributed by atoms with Crippen LogP contribution >= 0.6 is 0 Å². The summed E-state index contributed by atoms with van der Waals surface area (Å²) in [5, 5.41) is 2.64. The molecule has 1 aromatic carbocycles. The third kappa shape index (κ3) is 3.93. The van der Waals surface area contributed by atoms with Gasteiger partial charge in [0, 0.05) is 24.2 Å². The van der Waals surface area contributed by atoms with Gasteiger partial charge in [0.05, 0.1) is 6.04 Å². The van der Waals surface area contributed by atoms with Gasteiger partial charge in [0.1, 0.15) is 11.5 Å². The van der Waals surface area contributed by atoms with Gasteiger partial charge >= 0.3 is 0 Å². The fourth-order valence-corrected chi connectivity index (χ4v) is 3.32. The lowest BCUT2D eigenvalue weighted by atomic mass is 9.82. The quantitative estimate of drug-likeness (QED) is 0.642. The number of aliphatic imine (C=N–C) groups is 1. The van der Waals surface area contributed by atoms with Crippen molar-refractivity contribution in [3.8, 4) is 0 Å². The Hall–Kier alpha value is -2.69. The molecule has 0 saturated heterocycles. The van der Waals surface area contributed by atoms with Gasteiger partial charge in [-0.05, 0) is 36.5 Å². The summed E-state index contributed by atoms with van der Waals surface area (Å²) in [7, 11) is 1.60. The van der Waals surface area contributed by atoms with Gasteiger partial charge in [-0.2, -0.15) is 0 Å². The molecular weight excluding hydrogens is 324 g/mol. The Bertz CT molecular complexity index is 810. The number of amidine groups is 1. The summed E-state index contributed by atoms with van der Waals surface area (Å²) in [4.78, 5) is 21.4. The van der Waals surface area contributed by atoms with E-state index in [4.69, 9.17) is 5.73 Å². The minimum Gasteiger partial charge on any atom is -0.383 e. The highest BCUT2D eigenvalue weighted by molar-refractivity contribution is 6.00. The van der Waals surface area contributed by atoms with Gasteiger partial charge in [-0.15, -0.1) is 0 Å². The molecule has 1 heterocycles. The summed E-state index contributed by atoms with van der Waals surface area (Å²) in [5.74, 6) is 1.02. The number of carbonyl (C=O) groups is 1. The predicted octanol–water partition coefficient (Wildman–Crippen LogP) is 3.10. The van der Waals surface area contributed by atoms with Crippen LogP contribution in [0.5, 0.6) is 0 Å². The Morgan fingerprint density at radius 2 is 1.96 bits per heavy atom. The third-order valence-electron chi connectivity index (χ3n) is 5.01. The van der Waals surface area contributed by atoms with Crippen molar-refractivity contribution in [2.24, 2.45) is 16.6 Å². The van der Waals surface area contributed by atoms with Crippen LogP contribution in [-0.2, 0) is 0 Å². The van der Waals surface area contributed by atoms with Crippen LogP contribution in [0.1, 0.15) is 59.9 Å². The fourth-order valence-electron chi connectivity index (χ4n) is 3.32. The number of hydrogen-bond donors (Lipinski definition) is 2. The van der Waals surface area contributed by atoms with Crippen LogP contribution in [0.2, 0.25) is 0 Å². The smallest absolute Gasteiger partial charge is 0.269 e. The second kappa shape index (κ2) is 7.68. The van der Waals surface area contributed by atoms with E-state index in [-0.39, 0.29) is 17.9 Å². The first-order valence-electron chi connectivity index (χ1n) is 9.10. The second-order valence-electron chi connectivity index (χ2n) is 7.12. The minimum absolute atomic E-state index is 0.0519. The van der Waals surface area contributed by atoms with Crippen molar-refractivity contribution in [2.45, 2.75) is 38.6 Å². The Labute approximate surface area is 154 Å². The van der Waals surface area contributed by atoms with E-state index >= 15 is 0 Å².